The highest BCUT2D eigenvalue weighted by Crippen LogP contribution is 2.38. The Morgan fingerprint density at radius 1 is 1.29 bits per heavy atom. The molecule has 1 aliphatic rings. The molecule has 1 saturated heterocycles. The highest BCUT2D eigenvalue weighted by molar-refractivity contribution is 5.73. The van der Waals surface area contributed by atoms with Crippen molar-refractivity contribution >= 4 is 6.03 Å². The summed E-state index contributed by atoms with van der Waals surface area (Å²) in [5.74, 6) is 0. The van der Waals surface area contributed by atoms with Crippen LogP contribution in [-0.4, -0.2) is 59.9 Å². The summed E-state index contributed by atoms with van der Waals surface area (Å²) in [5, 5.41) is 9.55. The maximum absolute atomic E-state index is 12.6. The number of carbonyl (C=O) groups is 1. The van der Waals surface area contributed by atoms with E-state index in [9.17, 15) is 23.1 Å². The van der Waals surface area contributed by atoms with Crippen molar-refractivity contribution in [3.8, 4) is 0 Å². The van der Waals surface area contributed by atoms with Crippen LogP contribution in [0, 0.1) is 0 Å². The maximum Gasteiger partial charge on any atom is 0.417 e. The van der Waals surface area contributed by atoms with Gasteiger partial charge in [-0.05, 0) is 12.8 Å². The molecule has 0 aliphatic carbocycles. The number of amides is 2. The molecule has 1 N–H and O–H groups in total. The highest BCUT2D eigenvalue weighted by atomic mass is 19.4. The van der Waals surface area contributed by atoms with Crippen LogP contribution in [0.3, 0.4) is 0 Å². The summed E-state index contributed by atoms with van der Waals surface area (Å²) in [4.78, 5) is 14.3. The molecular weight excluding hydrogens is 237 g/mol. The molecular formula is C10H17F3N2O2. The standard InChI is InChI=1S/C10H17F3N2O2/c1-14(2)8(16)15-6-3-4-9(17,5-7-15)10(11,12)13/h17H,3-7H2,1-2H3. The minimum Gasteiger partial charge on any atom is -0.380 e. The third-order valence-corrected chi connectivity index (χ3v) is 2.99. The van der Waals surface area contributed by atoms with Gasteiger partial charge in [-0.15, -0.1) is 0 Å². The topological polar surface area (TPSA) is 43.8 Å². The van der Waals surface area contributed by atoms with Crippen molar-refractivity contribution < 1.29 is 23.1 Å². The average Bonchev–Trinajstić information content (AvgIpc) is 2.39. The lowest BCUT2D eigenvalue weighted by Gasteiger charge is -2.29. The number of rotatable bonds is 0. The van der Waals surface area contributed by atoms with Crippen LogP contribution in [0.4, 0.5) is 18.0 Å². The SMILES string of the molecule is CN(C)C(=O)N1CCCC(O)(C(F)(F)F)CC1. The molecule has 1 unspecified atom stereocenters. The molecule has 1 aliphatic heterocycles. The first-order valence-corrected chi connectivity index (χ1v) is 5.43. The number of hydrogen-bond acceptors (Lipinski definition) is 2. The van der Waals surface area contributed by atoms with Crippen LogP contribution >= 0.6 is 0 Å². The lowest BCUT2D eigenvalue weighted by Crippen LogP contribution is -2.46. The summed E-state index contributed by atoms with van der Waals surface area (Å²) in [7, 11) is 3.09. The summed E-state index contributed by atoms with van der Waals surface area (Å²) < 4.78 is 37.9. The van der Waals surface area contributed by atoms with Gasteiger partial charge in [-0.2, -0.15) is 13.2 Å². The normalized spacial score (nSPS) is 26.6. The molecule has 1 rings (SSSR count). The van der Waals surface area contributed by atoms with Crippen molar-refractivity contribution in [3.63, 3.8) is 0 Å². The zero-order valence-electron chi connectivity index (χ0n) is 9.92. The first-order valence-electron chi connectivity index (χ1n) is 5.43. The van der Waals surface area contributed by atoms with Gasteiger partial charge in [0.1, 0.15) is 0 Å². The summed E-state index contributed by atoms with van der Waals surface area (Å²) >= 11 is 0. The van der Waals surface area contributed by atoms with Gasteiger partial charge in [-0.1, -0.05) is 0 Å². The molecule has 1 atom stereocenters. The molecule has 0 aromatic heterocycles. The third-order valence-electron chi connectivity index (χ3n) is 2.99. The van der Waals surface area contributed by atoms with E-state index in [1.807, 2.05) is 0 Å². The molecule has 4 nitrogen and oxygen atoms in total. The van der Waals surface area contributed by atoms with Gasteiger partial charge in [0.05, 0.1) is 0 Å². The fourth-order valence-electron chi connectivity index (χ4n) is 1.88. The lowest BCUT2D eigenvalue weighted by atomic mass is 9.94. The van der Waals surface area contributed by atoms with Gasteiger partial charge in [0.25, 0.3) is 0 Å². The molecule has 2 amide bonds. The Hall–Kier alpha value is -0.980. The summed E-state index contributed by atoms with van der Waals surface area (Å²) in [6.07, 6.45) is -5.30. The Morgan fingerprint density at radius 3 is 2.35 bits per heavy atom. The van der Waals surface area contributed by atoms with E-state index in [-0.39, 0.29) is 32.0 Å². The molecule has 1 fully saturated rings. The van der Waals surface area contributed by atoms with Crippen molar-refractivity contribution in [1.29, 1.82) is 0 Å². The summed E-state index contributed by atoms with van der Waals surface area (Å²) in [5.41, 5.74) is -2.66. The lowest BCUT2D eigenvalue weighted by molar-refractivity contribution is -0.263. The van der Waals surface area contributed by atoms with E-state index >= 15 is 0 Å². The predicted molar refractivity (Wildman–Crippen MR) is 55.5 cm³/mol. The Labute approximate surface area is 98.0 Å². The molecule has 100 valence electrons. The van der Waals surface area contributed by atoms with Crippen LogP contribution < -0.4 is 0 Å². The van der Waals surface area contributed by atoms with Gasteiger partial charge in [-0.3, -0.25) is 0 Å². The van der Waals surface area contributed by atoms with E-state index in [4.69, 9.17) is 0 Å². The molecule has 0 saturated carbocycles. The van der Waals surface area contributed by atoms with E-state index in [1.165, 1.54) is 9.80 Å². The molecule has 17 heavy (non-hydrogen) atoms. The van der Waals surface area contributed by atoms with Gasteiger partial charge in [0, 0.05) is 33.6 Å². The number of carbonyl (C=O) groups excluding carboxylic acids is 1. The number of aliphatic hydroxyl groups is 1. The molecule has 0 aromatic rings. The number of halogens is 3. The zero-order chi connectivity index (χ0) is 13.3. The molecule has 0 bridgehead atoms. The first-order chi connectivity index (χ1) is 7.67. The molecule has 1 heterocycles. The van der Waals surface area contributed by atoms with Gasteiger partial charge in [0.15, 0.2) is 5.60 Å². The van der Waals surface area contributed by atoms with Gasteiger partial charge >= 0.3 is 12.2 Å². The minimum absolute atomic E-state index is 0.0764. The van der Waals surface area contributed by atoms with E-state index in [0.29, 0.717) is 0 Å². The summed E-state index contributed by atoms with van der Waals surface area (Å²) in [6, 6.07) is -0.323. The molecule has 0 aromatic carbocycles. The molecule has 7 heteroatoms. The highest BCUT2D eigenvalue weighted by Gasteiger charge is 2.53. The quantitative estimate of drug-likeness (QED) is 0.711. The van der Waals surface area contributed by atoms with Gasteiger partial charge in [0.2, 0.25) is 0 Å². The van der Waals surface area contributed by atoms with Crippen molar-refractivity contribution in [2.24, 2.45) is 0 Å². The third kappa shape index (κ3) is 3.02. The van der Waals surface area contributed by atoms with Crippen LogP contribution in [0.2, 0.25) is 0 Å². The van der Waals surface area contributed by atoms with Crippen LogP contribution in [-0.2, 0) is 0 Å². The Bertz CT molecular complexity index is 294. The number of likely N-dealkylation sites (tertiary alicyclic amines) is 1. The molecule has 0 radical (unpaired) electrons. The zero-order valence-corrected chi connectivity index (χ0v) is 9.92. The fourth-order valence-corrected chi connectivity index (χ4v) is 1.88. The smallest absolute Gasteiger partial charge is 0.380 e. The van der Waals surface area contributed by atoms with Crippen molar-refractivity contribution in [1.82, 2.24) is 9.80 Å². The monoisotopic (exact) mass is 254 g/mol. The van der Waals surface area contributed by atoms with Gasteiger partial charge in [-0.25, -0.2) is 4.79 Å². The van der Waals surface area contributed by atoms with Crippen LogP contribution in [0.15, 0.2) is 0 Å². The predicted octanol–water partition coefficient (Wildman–Crippen LogP) is 1.45. The average molecular weight is 254 g/mol. The van der Waals surface area contributed by atoms with E-state index in [1.54, 1.807) is 14.1 Å². The second-order valence-electron chi connectivity index (χ2n) is 4.55. The van der Waals surface area contributed by atoms with E-state index < -0.39 is 18.2 Å². The van der Waals surface area contributed by atoms with Crippen molar-refractivity contribution in [2.45, 2.75) is 31.0 Å². The number of urea groups is 1. The number of alkyl halides is 3. The van der Waals surface area contributed by atoms with Crippen LogP contribution in [0.25, 0.3) is 0 Å². The van der Waals surface area contributed by atoms with Crippen molar-refractivity contribution in [3.05, 3.63) is 0 Å². The largest absolute Gasteiger partial charge is 0.417 e. The first kappa shape index (κ1) is 14.1. The number of nitrogens with zero attached hydrogens (tertiary/aromatic N) is 2. The van der Waals surface area contributed by atoms with Crippen LogP contribution in [0.5, 0.6) is 0 Å². The minimum atomic E-state index is -4.63. The number of hydrogen-bond donors (Lipinski definition) is 1. The summed E-state index contributed by atoms with van der Waals surface area (Å²) in [6.45, 7) is 0.169. The second-order valence-corrected chi connectivity index (χ2v) is 4.55. The Balaban J connectivity index is 2.71. The fraction of sp³-hybridized carbons (Fsp3) is 0.900. The van der Waals surface area contributed by atoms with Gasteiger partial charge < -0.3 is 14.9 Å². The van der Waals surface area contributed by atoms with Crippen LogP contribution in [0.1, 0.15) is 19.3 Å². The molecule has 0 spiro atoms. The second kappa shape index (κ2) is 4.72. The van der Waals surface area contributed by atoms with Crippen molar-refractivity contribution in [2.75, 3.05) is 27.2 Å². The van der Waals surface area contributed by atoms with E-state index in [0.717, 1.165) is 0 Å². The van der Waals surface area contributed by atoms with E-state index in [2.05, 4.69) is 0 Å². The Morgan fingerprint density at radius 2 is 1.88 bits per heavy atom. The maximum atomic E-state index is 12.6. The Kier molecular flexibility index (Phi) is 3.91.